The normalized spacial score (nSPS) is 20.5. The molecule has 0 atom stereocenters. The Morgan fingerprint density at radius 2 is 1.75 bits per heavy atom. The highest BCUT2D eigenvalue weighted by atomic mass is 32.1. The molecule has 132 valence electrons. The molecule has 1 aliphatic heterocycles. The van der Waals surface area contributed by atoms with Gasteiger partial charge in [0.05, 0.1) is 16.8 Å². The van der Waals surface area contributed by atoms with Crippen LogP contribution in [0.15, 0.2) is 23.7 Å². The van der Waals surface area contributed by atoms with Crippen molar-refractivity contribution in [2.24, 2.45) is 0 Å². The van der Waals surface area contributed by atoms with Gasteiger partial charge in [0, 0.05) is 11.4 Å². The number of hydrogen-bond donors (Lipinski definition) is 2. The van der Waals surface area contributed by atoms with Crippen LogP contribution in [-0.2, 0) is 15.5 Å². The lowest BCUT2D eigenvalue weighted by atomic mass is 9.78. The molecular formula is C16H21BF3NO2S. The zero-order chi connectivity index (χ0) is 18.3. The molecule has 1 aromatic rings. The number of alkyl halides is 3. The Kier molecular flexibility index (Phi) is 5.05. The van der Waals surface area contributed by atoms with E-state index in [1.54, 1.807) is 6.08 Å². The van der Waals surface area contributed by atoms with Crippen molar-refractivity contribution < 1.29 is 22.5 Å². The fraction of sp³-hybridized carbons (Fsp3) is 0.500. The number of hydrogen-bond acceptors (Lipinski definition) is 4. The summed E-state index contributed by atoms with van der Waals surface area (Å²) >= 11 is 4.26. The van der Waals surface area contributed by atoms with Crippen LogP contribution in [0.3, 0.4) is 0 Å². The summed E-state index contributed by atoms with van der Waals surface area (Å²) in [6, 6.07) is 3.79. The van der Waals surface area contributed by atoms with Gasteiger partial charge in [-0.2, -0.15) is 25.8 Å². The SMILES string of the molecule is CC1(C)OB(C(=Cc2ccc(N)c(C(F)(F)F)c2)CS)OC1(C)C. The molecule has 0 radical (unpaired) electrons. The number of halogens is 3. The van der Waals surface area contributed by atoms with E-state index in [2.05, 4.69) is 12.6 Å². The first kappa shape index (κ1) is 19.2. The predicted octanol–water partition coefficient (Wildman–Crippen LogP) is 4.23. The molecule has 0 aliphatic carbocycles. The lowest BCUT2D eigenvalue weighted by molar-refractivity contribution is -0.136. The Morgan fingerprint density at radius 1 is 1.21 bits per heavy atom. The molecule has 1 aliphatic rings. The molecular weight excluding hydrogens is 338 g/mol. The van der Waals surface area contributed by atoms with Gasteiger partial charge < -0.3 is 15.0 Å². The van der Waals surface area contributed by atoms with Gasteiger partial charge in [-0.3, -0.25) is 0 Å². The first-order valence-corrected chi connectivity index (χ1v) is 8.14. The minimum atomic E-state index is -4.50. The Labute approximate surface area is 145 Å². The van der Waals surface area contributed by atoms with E-state index < -0.39 is 30.1 Å². The molecule has 1 fully saturated rings. The predicted molar refractivity (Wildman–Crippen MR) is 93.8 cm³/mol. The highest BCUT2D eigenvalue weighted by Gasteiger charge is 2.52. The van der Waals surface area contributed by atoms with Crippen molar-refractivity contribution in [2.45, 2.75) is 45.1 Å². The minimum Gasteiger partial charge on any atom is -0.400 e. The quantitative estimate of drug-likeness (QED) is 0.482. The lowest BCUT2D eigenvalue weighted by Crippen LogP contribution is -2.41. The summed E-state index contributed by atoms with van der Waals surface area (Å²) in [4.78, 5) is 0. The molecule has 1 aromatic carbocycles. The fourth-order valence-corrected chi connectivity index (χ4v) is 2.55. The zero-order valence-electron chi connectivity index (χ0n) is 14.1. The maximum absolute atomic E-state index is 13.0. The molecule has 0 bridgehead atoms. The van der Waals surface area contributed by atoms with Crippen LogP contribution in [0.5, 0.6) is 0 Å². The molecule has 3 nitrogen and oxygen atoms in total. The van der Waals surface area contributed by atoms with Gasteiger partial charge in [0.1, 0.15) is 0 Å². The first-order chi connectivity index (χ1) is 10.9. The van der Waals surface area contributed by atoms with Crippen molar-refractivity contribution in [3.63, 3.8) is 0 Å². The third-order valence-electron chi connectivity index (χ3n) is 4.47. The molecule has 8 heteroatoms. The summed E-state index contributed by atoms with van der Waals surface area (Å²) in [7, 11) is -0.653. The van der Waals surface area contributed by atoms with Crippen LogP contribution >= 0.6 is 12.6 Å². The van der Waals surface area contributed by atoms with E-state index >= 15 is 0 Å². The Balaban J connectivity index is 2.36. The van der Waals surface area contributed by atoms with Crippen LogP contribution < -0.4 is 5.73 Å². The second kappa shape index (κ2) is 6.31. The molecule has 0 spiro atoms. The lowest BCUT2D eigenvalue weighted by Gasteiger charge is -2.32. The summed E-state index contributed by atoms with van der Waals surface area (Å²) in [6.07, 6.45) is -2.90. The summed E-state index contributed by atoms with van der Waals surface area (Å²) in [5.74, 6) is 0.294. The van der Waals surface area contributed by atoms with E-state index in [0.29, 0.717) is 16.8 Å². The average molecular weight is 359 g/mol. The van der Waals surface area contributed by atoms with Crippen LogP contribution in [-0.4, -0.2) is 24.1 Å². The van der Waals surface area contributed by atoms with E-state index in [-0.39, 0.29) is 5.69 Å². The summed E-state index contributed by atoms with van der Waals surface area (Å²) in [5, 5.41) is 0. The Hall–Kier alpha value is -1.12. The van der Waals surface area contributed by atoms with E-state index in [1.165, 1.54) is 12.1 Å². The van der Waals surface area contributed by atoms with Gasteiger partial charge in [-0.1, -0.05) is 12.1 Å². The maximum atomic E-state index is 13.0. The Morgan fingerprint density at radius 3 is 2.21 bits per heavy atom. The zero-order valence-corrected chi connectivity index (χ0v) is 15.0. The highest BCUT2D eigenvalue weighted by molar-refractivity contribution is 7.80. The molecule has 2 rings (SSSR count). The number of nitrogens with two attached hydrogens (primary N) is 1. The monoisotopic (exact) mass is 359 g/mol. The van der Waals surface area contributed by atoms with Crippen LogP contribution in [0.4, 0.5) is 18.9 Å². The van der Waals surface area contributed by atoms with Gasteiger partial charge in [0.15, 0.2) is 0 Å². The van der Waals surface area contributed by atoms with Gasteiger partial charge in [-0.25, -0.2) is 0 Å². The molecule has 24 heavy (non-hydrogen) atoms. The number of rotatable bonds is 3. The summed E-state index contributed by atoms with van der Waals surface area (Å²) in [6.45, 7) is 7.64. The topological polar surface area (TPSA) is 44.5 Å². The summed E-state index contributed by atoms with van der Waals surface area (Å²) in [5.41, 5.74) is 4.23. The van der Waals surface area contributed by atoms with Crippen molar-refractivity contribution in [1.29, 1.82) is 0 Å². The van der Waals surface area contributed by atoms with E-state index in [0.717, 1.165) is 6.07 Å². The average Bonchev–Trinajstić information content (AvgIpc) is 2.65. The van der Waals surface area contributed by atoms with Crippen molar-refractivity contribution >= 4 is 31.5 Å². The van der Waals surface area contributed by atoms with Gasteiger partial charge in [0.25, 0.3) is 0 Å². The van der Waals surface area contributed by atoms with Gasteiger partial charge in [-0.05, 0) is 50.9 Å². The number of thiol groups is 1. The van der Waals surface area contributed by atoms with Gasteiger partial charge in [0.2, 0.25) is 0 Å². The van der Waals surface area contributed by atoms with Gasteiger partial charge in [-0.15, -0.1) is 0 Å². The summed E-state index contributed by atoms with van der Waals surface area (Å²) < 4.78 is 50.8. The first-order valence-electron chi connectivity index (χ1n) is 7.51. The third kappa shape index (κ3) is 3.76. The third-order valence-corrected chi connectivity index (χ3v) is 4.84. The number of nitrogen functional groups attached to an aromatic ring is 1. The smallest absolute Gasteiger partial charge is 0.400 e. The highest BCUT2D eigenvalue weighted by Crippen LogP contribution is 2.39. The van der Waals surface area contributed by atoms with Crippen molar-refractivity contribution in [3.05, 3.63) is 34.8 Å². The molecule has 1 heterocycles. The molecule has 0 unspecified atom stereocenters. The second-order valence-electron chi connectivity index (χ2n) is 6.81. The van der Waals surface area contributed by atoms with Crippen LogP contribution in [0.2, 0.25) is 0 Å². The van der Waals surface area contributed by atoms with Crippen molar-refractivity contribution in [2.75, 3.05) is 11.5 Å². The number of benzene rings is 1. The van der Waals surface area contributed by atoms with E-state index in [9.17, 15) is 13.2 Å². The van der Waals surface area contributed by atoms with Crippen LogP contribution in [0.25, 0.3) is 6.08 Å². The van der Waals surface area contributed by atoms with Crippen LogP contribution in [0.1, 0.15) is 38.8 Å². The second-order valence-corrected chi connectivity index (χ2v) is 7.13. The maximum Gasteiger partial charge on any atom is 0.491 e. The molecule has 0 amide bonds. The number of anilines is 1. The minimum absolute atomic E-state index is 0.294. The van der Waals surface area contributed by atoms with E-state index in [1.807, 2.05) is 27.7 Å². The Bertz CT molecular complexity index is 643. The largest absolute Gasteiger partial charge is 0.491 e. The van der Waals surface area contributed by atoms with Crippen molar-refractivity contribution in [3.8, 4) is 0 Å². The fourth-order valence-electron chi connectivity index (χ4n) is 2.31. The van der Waals surface area contributed by atoms with E-state index in [4.69, 9.17) is 15.0 Å². The van der Waals surface area contributed by atoms with Gasteiger partial charge >= 0.3 is 13.3 Å². The standard InChI is InChI=1S/C16H21BF3NO2S/c1-14(2)15(3,4)23-17(22-14)11(9-24)7-10-5-6-13(21)12(8-10)16(18,19)20/h5-8,24H,9,21H2,1-4H3. The molecule has 0 saturated carbocycles. The molecule has 1 saturated heterocycles. The van der Waals surface area contributed by atoms with Crippen molar-refractivity contribution in [1.82, 2.24) is 0 Å². The van der Waals surface area contributed by atoms with Crippen LogP contribution in [0, 0.1) is 0 Å². The molecule has 2 N–H and O–H groups in total. The molecule has 0 aromatic heterocycles.